The number of anilines is 2. The third-order valence-corrected chi connectivity index (χ3v) is 8.35. The summed E-state index contributed by atoms with van der Waals surface area (Å²) >= 11 is 0. The lowest BCUT2D eigenvalue weighted by Gasteiger charge is -2.28. The van der Waals surface area contributed by atoms with E-state index in [0.29, 0.717) is 40.9 Å². The number of benzene rings is 3. The Labute approximate surface area is 260 Å². The topological polar surface area (TPSA) is 126 Å². The number of halogens is 4. The van der Waals surface area contributed by atoms with Crippen molar-refractivity contribution in [3.63, 3.8) is 0 Å². The van der Waals surface area contributed by atoms with E-state index in [1.165, 1.54) is 11.6 Å². The molecule has 13 heteroatoms. The fourth-order valence-corrected chi connectivity index (χ4v) is 6.08. The lowest BCUT2D eigenvalue weighted by Crippen LogP contribution is -2.21. The SMILES string of the molecule is Cc1cc(C(=O)Nc2ccc(F)cc2C(F)(F)F)c2ccc(-c3ccc(C4CCC(CC(=O)Nc5nn[nH]n5)CC4)cc3)cc2n1. The first-order chi connectivity index (χ1) is 22.0. The number of rotatable bonds is 7. The Kier molecular flexibility index (Phi) is 8.48. The number of H-pyrrole nitrogens is 1. The highest BCUT2D eigenvalue weighted by molar-refractivity contribution is 6.13. The molecule has 1 aliphatic carbocycles. The maximum Gasteiger partial charge on any atom is 0.418 e. The standard InChI is InChI=1S/C33H29F4N7O2/c1-18-14-26(31(46)39-28-13-11-24(34)17-27(28)33(35,36)37)25-12-10-23(16-29(25)38-18)22-8-6-21(7-9-22)20-4-2-19(3-5-20)15-30(45)40-32-41-43-44-42-32/h6-14,16-17,19-20H,2-5,15H2,1H3,(H,39,46)(H2,40,41,42,43,44,45). The van der Waals surface area contributed by atoms with Gasteiger partial charge in [-0.05, 0) is 96.7 Å². The molecule has 5 aromatic rings. The van der Waals surface area contributed by atoms with Crippen LogP contribution in [-0.4, -0.2) is 37.4 Å². The Balaban J connectivity index is 1.14. The molecule has 2 aromatic heterocycles. The molecule has 0 aliphatic heterocycles. The molecule has 0 radical (unpaired) electrons. The molecule has 2 amide bonds. The van der Waals surface area contributed by atoms with Gasteiger partial charge in [0.15, 0.2) is 0 Å². The molecule has 3 aromatic carbocycles. The van der Waals surface area contributed by atoms with Crippen LogP contribution >= 0.6 is 0 Å². The molecule has 1 aliphatic rings. The van der Waals surface area contributed by atoms with Crippen LogP contribution in [0, 0.1) is 18.7 Å². The van der Waals surface area contributed by atoms with Gasteiger partial charge in [-0.1, -0.05) is 41.5 Å². The van der Waals surface area contributed by atoms with Crippen molar-refractivity contribution in [1.82, 2.24) is 25.6 Å². The average Bonchev–Trinajstić information content (AvgIpc) is 3.54. The highest BCUT2D eigenvalue weighted by Gasteiger charge is 2.34. The molecule has 6 rings (SSSR count). The van der Waals surface area contributed by atoms with Gasteiger partial charge in [0.1, 0.15) is 5.82 Å². The number of aryl methyl sites for hydroxylation is 1. The molecular formula is C33H29F4N7O2. The third kappa shape index (κ3) is 6.87. The number of carbonyl (C=O) groups excluding carboxylic acids is 2. The molecule has 2 heterocycles. The van der Waals surface area contributed by atoms with Gasteiger partial charge in [0.25, 0.3) is 11.9 Å². The van der Waals surface area contributed by atoms with Gasteiger partial charge >= 0.3 is 6.18 Å². The number of hydrogen-bond donors (Lipinski definition) is 3. The molecule has 0 saturated heterocycles. The Morgan fingerprint density at radius 1 is 0.913 bits per heavy atom. The number of hydrogen-bond acceptors (Lipinski definition) is 6. The number of pyridine rings is 1. The molecule has 1 saturated carbocycles. The maximum atomic E-state index is 13.6. The predicted molar refractivity (Wildman–Crippen MR) is 163 cm³/mol. The van der Waals surface area contributed by atoms with E-state index in [1.807, 2.05) is 24.3 Å². The summed E-state index contributed by atoms with van der Waals surface area (Å²) in [6.07, 6.45) is -0.592. The van der Waals surface area contributed by atoms with Gasteiger partial charge in [0, 0.05) is 17.5 Å². The number of alkyl halides is 3. The molecule has 1 fully saturated rings. The predicted octanol–water partition coefficient (Wildman–Crippen LogP) is 7.44. The number of tetrazole rings is 1. The van der Waals surface area contributed by atoms with Crippen molar-refractivity contribution in [3.8, 4) is 11.1 Å². The summed E-state index contributed by atoms with van der Waals surface area (Å²) in [7, 11) is 0. The van der Waals surface area contributed by atoms with Gasteiger partial charge in [-0.15, -0.1) is 5.10 Å². The highest BCUT2D eigenvalue weighted by Crippen LogP contribution is 2.38. The highest BCUT2D eigenvalue weighted by atomic mass is 19.4. The first-order valence-electron chi connectivity index (χ1n) is 14.8. The van der Waals surface area contributed by atoms with E-state index < -0.39 is 29.2 Å². The summed E-state index contributed by atoms with van der Waals surface area (Å²) < 4.78 is 54.0. The largest absolute Gasteiger partial charge is 0.418 e. The van der Waals surface area contributed by atoms with E-state index in [4.69, 9.17) is 0 Å². The molecule has 0 atom stereocenters. The minimum atomic E-state index is -4.85. The first kappa shape index (κ1) is 30.8. The number of aromatic nitrogens is 5. The van der Waals surface area contributed by atoms with Gasteiger partial charge in [-0.25, -0.2) is 4.39 Å². The summed E-state index contributed by atoms with van der Waals surface area (Å²) in [6.45, 7) is 1.70. The van der Waals surface area contributed by atoms with Gasteiger partial charge in [-0.3, -0.25) is 19.9 Å². The minimum Gasteiger partial charge on any atom is -0.321 e. The van der Waals surface area contributed by atoms with Crippen LogP contribution in [-0.2, 0) is 11.0 Å². The summed E-state index contributed by atoms with van der Waals surface area (Å²) in [5.74, 6) is -1.07. The lowest BCUT2D eigenvalue weighted by atomic mass is 9.77. The molecule has 236 valence electrons. The Morgan fingerprint density at radius 2 is 1.65 bits per heavy atom. The summed E-state index contributed by atoms with van der Waals surface area (Å²) in [6, 6.07) is 17.3. The van der Waals surface area contributed by atoms with E-state index in [9.17, 15) is 27.2 Å². The summed E-state index contributed by atoms with van der Waals surface area (Å²) in [5.41, 5.74) is 2.45. The molecule has 0 spiro atoms. The zero-order chi connectivity index (χ0) is 32.4. The zero-order valence-corrected chi connectivity index (χ0v) is 24.7. The quantitative estimate of drug-likeness (QED) is 0.160. The Hall–Kier alpha value is -5.20. The smallest absolute Gasteiger partial charge is 0.321 e. The van der Waals surface area contributed by atoms with Crippen LogP contribution in [0.4, 0.5) is 29.2 Å². The fraction of sp³-hybridized carbons (Fsp3) is 0.273. The van der Waals surface area contributed by atoms with E-state index in [0.717, 1.165) is 48.9 Å². The van der Waals surface area contributed by atoms with Crippen molar-refractivity contribution >= 4 is 34.4 Å². The van der Waals surface area contributed by atoms with Crippen LogP contribution in [0.15, 0.2) is 66.7 Å². The number of fused-ring (bicyclic) bond motifs is 1. The van der Waals surface area contributed by atoms with Crippen LogP contribution in [0.2, 0.25) is 0 Å². The number of nitrogens with zero attached hydrogens (tertiary/aromatic N) is 4. The van der Waals surface area contributed by atoms with Gasteiger partial charge in [0.05, 0.1) is 22.3 Å². The van der Waals surface area contributed by atoms with Crippen LogP contribution in [0.3, 0.4) is 0 Å². The number of amides is 2. The summed E-state index contributed by atoms with van der Waals surface area (Å²) in [4.78, 5) is 30.0. The lowest BCUT2D eigenvalue weighted by molar-refractivity contribution is -0.137. The summed E-state index contributed by atoms with van der Waals surface area (Å²) in [5, 5.41) is 18.7. The van der Waals surface area contributed by atoms with Gasteiger partial charge < -0.3 is 5.32 Å². The van der Waals surface area contributed by atoms with Gasteiger partial charge in [0.2, 0.25) is 5.91 Å². The van der Waals surface area contributed by atoms with Crippen LogP contribution in [0.5, 0.6) is 0 Å². The molecule has 0 unspecified atom stereocenters. The number of carbonyl (C=O) groups is 2. The maximum absolute atomic E-state index is 13.6. The molecule has 46 heavy (non-hydrogen) atoms. The Morgan fingerprint density at radius 3 is 2.35 bits per heavy atom. The van der Waals surface area contributed by atoms with Crippen molar-refractivity contribution in [1.29, 1.82) is 0 Å². The second-order valence-electron chi connectivity index (χ2n) is 11.5. The van der Waals surface area contributed by atoms with Gasteiger partial charge in [-0.2, -0.15) is 18.4 Å². The van der Waals surface area contributed by atoms with Crippen LogP contribution in [0.1, 0.15) is 65.2 Å². The Bertz CT molecular complexity index is 1890. The number of aromatic amines is 1. The first-order valence-corrected chi connectivity index (χ1v) is 14.8. The van der Waals surface area contributed by atoms with Crippen LogP contribution in [0.25, 0.3) is 22.0 Å². The molecule has 9 nitrogen and oxygen atoms in total. The van der Waals surface area contributed by atoms with Crippen molar-refractivity contribution in [2.24, 2.45) is 5.92 Å². The average molecular weight is 632 g/mol. The van der Waals surface area contributed by atoms with E-state index in [2.05, 4.69) is 48.4 Å². The second-order valence-corrected chi connectivity index (χ2v) is 11.5. The second kappa shape index (κ2) is 12.7. The van der Waals surface area contributed by atoms with Crippen molar-refractivity contribution in [2.75, 3.05) is 10.6 Å². The van der Waals surface area contributed by atoms with Crippen molar-refractivity contribution in [2.45, 2.75) is 51.1 Å². The molecular weight excluding hydrogens is 602 g/mol. The normalized spacial score (nSPS) is 16.7. The monoisotopic (exact) mass is 631 g/mol. The molecule has 3 N–H and O–H groups in total. The zero-order valence-electron chi connectivity index (χ0n) is 24.7. The fourth-order valence-electron chi connectivity index (χ4n) is 6.08. The van der Waals surface area contributed by atoms with E-state index in [-0.39, 0.29) is 17.4 Å². The van der Waals surface area contributed by atoms with Crippen LogP contribution < -0.4 is 10.6 Å². The van der Waals surface area contributed by atoms with Crippen molar-refractivity contribution < 1.29 is 27.2 Å². The minimum absolute atomic E-state index is 0.120. The van der Waals surface area contributed by atoms with E-state index >= 15 is 0 Å². The number of nitrogens with one attached hydrogen (secondary N) is 3. The molecule has 0 bridgehead atoms. The third-order valence-electron chi connectivity index (χ3n) is 8.35. The van der Waals surface area contributed by atoms with E-state index in [1.54, 1.807) is 13.0 Å². The van der Waals surface area contributed by atoms with Crippen molar-refractivity contribution in [3.05, 3.63) is 94.9 Å².